The average Bonchev–Trinajstić information content (AvgIpc) is 2.46. The Bertz CT molecular complexity index is 762. The van der Waals surface area contributed by atoms with E-state index in [9.17, 15) is 18.5 Å². The zero-order valence-electron chi connectivity index (χ0n) is 10.6. The number of aromatic nitrogens is 1. The molecule has 1 aromatic heterocycles. The first kappa shape index (κ1) is 15.4. The number of hydrogen-bond acceptors (Lipinski definition) is 5. The van der Waals surface area contributed by atoms with Crippen LogP contribution in [0.5, 0.6) is 0 Å². The van der Waals surface area contributed by atoms with Crippen molar-refractivity contribution in [2.75, 3.05) is 0 Å². The monoisotopic (exact) mass is 327 g/mol. The summed E-state index contributed by atoms with van der Waals surface area (Å²) in [7, 11) is -3.81. The van der Waals surface area contributed by atoms with Gasteiger partial charge < -0.3 is 0 Å². The van der Waals surface area contributed by atoms with Crippen LogP contribution < -0.4 is 4.72 Å². The number of rotatable bonds is 5. The molecule has 0 aliphatic heterocycles. The van der Waals surface area contributed by atoms with E-state index in [1.807, 2.05) is 0 Å². The van der Waals surface area contributed by atoms with Gasteiger partial charge in [-0.15, -0.1) is 0 Å². The Morgan fingerprint density at radius 3 is 2.57 bits per heavy atom. The molecule has 2 aromatic rings. The van der Waals surface area contributed by atoms with Gasteiger partial charge in [-0.1, -0.05) is 29.8 Å². The molecule has 1 N–H and O–H groups in total. The van der Waals surface area contributed by atoms with E-state index < -0.39 is 14.9 Å². The predicted molar refractivity (Wildman–Crippen MR) is 76.4 cm³/mol. The summed E-state index contributed by atoms with van der Waals surface area (Å²) >= 11 is 5.59. The second-order valence-corrected chi connectivity index (χ2v) is 6.18. The Hall–Kier alpha value is -2.03. The highest BCUT2D eigenvalue weighted by atomic mass is 35.5. The molecule has 21 heavy (non-hydrogen) atoms. The summed E-state index contributed by atoms with van der Waals surface area (Å²) in [6, 6.07) is 8.56. The predicted octanol–water partition coefficient (Wildman–Crippen LogP) is 2.12. The molecule has 1 heterocycles. The van der Waals surface area contributed by atoms with Gasteiger partial charge >= 0.3 is 0 Å². The Morgan fingerprint density at radius 1 is 1.24 bits per heavy atom. The van der Waals surface area contributed by atoms with E-state index in [1.165, 1.54) is 30.3 Å². The topological polar surface area (TPSA) is 102 Å². The Labute approximate surface area is 125 Å². The second kappa shape index (κ2) is 6.17. The van der Waals surface area contributed by atoms with Crippen LogP contribution in [0.1, 0.15) is 5.56 Å². The third-order valence-corrected chi connectivity index (χ3v) is 4.26. The highest BCUT2D eigenvalue weighted by Gasteiger charge is 2.17. The Balaban J connectivity index is 2.19. The normalized spacial score (nSPS) is 11.3. The van der Waals surface area contributed by atoms with Crippen LogP contribution in [0.25, 0.3) is 0 Å². The lowest BCUT2D eigenvalue weighted by atomic mass is 10.2. The van der Waals surface area contributed by atoms with E-state index in [0.717, 1.165) is 6.20 Å². The quantitative estimate of drug-likeness (QED) is 0.515. The Morgan fingerprint density at radius 2 is 1.95 bits per heavy atom. The number of nitro benzene ring substituents is 1. The third kappa shape index (κ3) is 3.75. The van der Waals surface area contributed by atoms with Gasteiger partial charge in [0, 0.05) is 24.4 Å². The molecule has 0 aliphatic carbocycles. The number of nitrogens with zero attached hydrogens (tertiary/aromatic N) is 2. The zero-order valence-corrected chi connectivity index (χ0v) is 12.1. The van der Waals surface area contributed by atoms with Crippen molar-refractivity contribution in [1.82, 2.24) is 9.71 Å². The first-order valence-corrected chi connectivity index (χ1v) is 7.60. The molecule has 0 radical (unpaired) electrons. The van der Waals surface area contributed by atoms with Crippen LogP contribution in [0.4, 0.5) is 5.69 Å². The van der Waals surface area contributed by atoms with Gasteiger partial charge in [0.25, 0.3) is 5.69 Å². The van der Waals surface area contributed by atoms with Crippen molar-refractivity contribution >= 4 is 27.3 Å². The minimum atomic E-state index is -3.81. The molecule has 0 unspecified atom stereocenters. The van der Waals surface area contributed by atoms with Gasteiger partial charge in [0.05, 0.1) is 4.92 Å². The summed E-state index contributed by atoms with van der Waals surface area (Å²) in [5.41, 5.74) is 0.127. The summed E-state index contributed by atoms with van der Waals surface area (Å²) in [6.45, 7) is -0.192. The van der Waals surface area contributed by atoms with E-state index in [-0.39, 0.29) is 27.8 Å². The van der Waals surface area contributed by atoms with Gasteiger partial charge in [0.2, 0.25) is 10.0 Å². The smallest absolute Gasteiger partial charge is 0.258 e. The number of nitrogens with one attached hydrogen (secondary N) is 1. The van der Waals surface area contributed by atoms with Crippen LogP contribution in [-0.4, -0.2) is 18.3 Å². The van der Waals surface area contributed by atoms with Gasteiger partial charge in [-0.25, -0.2) is 18.1 Å². The molecule has 0 fully saturated rings. The number of benzene rings is 1. The van der Waals surface area contributed by atoms with E-state index in [4.69, 9.17) is 11.6 Å². The molecule has 7 nitrogen and oxygen atoms in total. The standard InChI is InChI=1S/C12H10ClN3O4S/c13-12-6-5-10(8-14-12)21(19,20)15-7-9-3-1-2-4-11(9)16(17)18/h1-6,8,15H,7H2. The summed E-state index contributed by atoms with van der Waals surface area (Å²) in [5, 5.41) is 11.0. The van der Waals surface area contributed by atoms with E-state index in [0.29, 0.717) is 0 Å². The first-order chi connectivity index (χ1) is 9.90. The number of halogens is 1. The van der Waals surface area contributed by atoms with Crippen molar-refractivity contribution in [1.29, 1.82) is 0 Å². The lowest BCUT2D eigenvalue weighted by Crippen LogP contribution is -2.23. The summed E-state index contributed by atoms with van der Waals surface area (Å²) < 4.78 is 26.4. The number of pyridine rings is 1. The Kier molecular flexibility index (Phi) is 4.51. The first-order valence-electron chi connectivity index (χ1n) is 5.73. The van der Waals surface area contributed by atoms with Crippen molar-refractivity contribution in [2.24, 2.45) is 0 Å². The minimum Gasteiger partial charge on any atom is -0.258 e. The van der Waals surface area contributed by atoms with Crippen LogP contribution in [0.2, 0.25) is 5.15 Å². The average molecular weight is 328 g/mol. The number of hydrogen-bond donors (Lipinski definition) is 1. The number of sulfonamides is 1. The van der Waals surface area contributed by atoms with E-state index >= 15 is 0 Å². The third-order valence-electron chi connectivity index (χ3n) is 2.65. The number of para-hydroxylation sites is 1. The summed E-state index contributed by atoms with van der Waals surface area (Å²) in [5.74, 6) is 0. The van der Waals surface area contributed by atoms with Gasteiger partial charge in [0.1, 0.15) is 10.0 Å². The van der Waals surface area contributed by atoms with Crippen molar-refractivity contribution in [3.8, 4) is 0 Å². The van der Waals surface area contributed by atoms with Crippen molar-refractivity contribution in [3.05, 3.63) is 63.4 Å². The molecule has 0 saturated heterocycles. The van der Waals surface area contributed by atoms with Crippen LogP contribution >= 0.6 is 11.6 Å². The molecule has 0 bridgehead atoms. The van der Waals surface area contributed by atoms with E-state index in [2.05, 4.69) is 9.71 Å². The maximum atomic E-state index is 12.0. The number of nitro groups is 1. The molecular weight excluding hydrogens is 318 g/mol. The maximum Gasteiger partial charge on any atom is 0.273 e. The largest absolute Gasteiger partial charge is 0.273 e. The van der Waals surface area contributed by atoms with Gasteiger partial charge in [-0.05, 0) is 12.1 Å². The molecule has 2 rings (SSSR count). The van der Waals surface area contributed by atoms with Crippen LogP contribution in [0.15, 0.2) is 47.5 Å². The molecule has 0 amide bonds. The lowest BCUT2D eigenvalue weighted by Gasteiger charge is -2.07. The SMILES string of the molecule is O=[N+]([O-])c1ccccc1CNS(=O)(=O)c1ccc(Cl)nc1. The summed E-state index contributed by atoms with van der Waals surface area (Å²) in [4.78, 5) is 13.9. The fraction of sp³-hybridized carbons (Fsp3) is 0.0833. The van der Waals surface area contributed by atoms with Crippen molar-refractivity contribution < 1.29 is 13.3 Å². The molecule has 1 aromatic carbocycles. The van der Waals surface area contributed by atoms with Crippen molar-refractivity contribution in [2.45, 2.75) is 11.4 Å². The van der Waals surface area contributed by atoms with Gasteiger partial charge in [-0.2, -0.15) is 0 Å². The molecular formula is C12H10ClN3O4S. The highest BCUT2D eigenvalue weighted by Crippen LogP contribution is 2.18. The maximum absolute atomic E-state index is 12.0. The molecule has 110 valence electrons. The molecule has 9 heteroatoms. The second-order valence-electron chi connectivity index (χ2n) is 4.03. The molecule has 0 spiro atoms. The minimum absolute atomic E-state index is 0.0644. The lowest BCUT2D eigenvalue weighted by molar-refractivity contribution is -0.385. The fourth-order valence-corrected chi connectivity index (χ4v) is 2.68. The van der Waals surface area contributed by atoms with Crippen LogP contribution in [0.3, 0.4) is 0 Å². The highest BCUT2D eigenvalue weighted by molar-refractivity contribution is 7.89. The van der Waals surface area contributed by atoms with Crippen LogP contribution in [0, 0.1) is 10.1 Å². The molecule has 0 saturated carbocycles. The zero-order chi connectivity index (χ0) is 15.5. The van der Waals surface area contributed by atoms with E-state index in [1.54, 1.807) is 6.07 Å². The molecule has 0 atom stereocenters. The van der Waals surface area contributed by atoms with Crippen LogP contribution in [-0.2, 0) is 16.6 Å². The van der Waals surface area contributed by atoms with Gasteiger partial charge in [0.15, 0.2) is 0 Å². The molecule has 0 aliphatic rings. The fourth-order valence-electron chi connectivity index (χ4n) is 1.62. The van der Waals surface area contributed by atoms with Crippen molar-refractivity contribution in [3.63, 3.8) is 0 Å². The summed E-state index contributed by atoms with van der Waals surface area (Å²) in [6.07, 6.45) is 1.12. The van der Waals surface area contributed by atoms with Gasteiger partial charge in [-0.3, -0.25) is 10.1 Å².